The van der Waals surface area contributed by atoms with E-state index in [0.717, 1.165) is 0 Å². The van der Waals surface area contributed by atoms with Crippen LogP contribution < -0.4 is 0 Å². The monoisotopic (exact) mass is 452 g/mol. The van der Waals surface area contributed by atoms with Crippen molar-refractivity contribution in [3.8, 4) is 0 Å². The van der Waals surface area contributed by atoms with Gasteiger partial charge in [-0.05, 0) is 0 Å². The van der Waals surface area contributed by atoms with Crippen molar-refractivity contribution in [1.29, 1.82) is 0 Å². The predicted octanol–water partition coefficient (Wildman–Crippen LogP) is 3.21. The molecule has 0 aliphatic carbocycles. The van der Waals surface area contributed by atoms with Gasteiger partial charge in [0.1, 0.15) is 0 Å². The second kappa shape index (κ2) is 9.55. The van der Waals surface area contributed by atoms with Crippen LogP contribution in [0.1, 0.15) is 34.6 Å². The van der Waals surface area contributed by atoms with Crippen molar-refractivity contribution < 1.29 is 21.9 Å². The van der Waals surface area contributed by atoms with E-state index in [9.17, 15) is 9.59 Å². The fourth-order valence-corrected chi connectivity index (χ4v) is 7.04. The van der Waals surface area contributed by atoms with Crippen molar-refractivity contribution in [2.24, 2.45) is 0 Å². The minimum atomic E-state index is -4.88. The molecule has 2 rings (SSSR count). The number of carbonyl (C=O) groups excluding carboxylic acids is 2. The molecule has 0 heterocycles. The molecule has 0 N–H and O–H groups in total. The van der Waals surface area contributed by atoms with E-state index in [4.69, 9.17) is 12.3 Å². The summed E-state index contributed by atoms with van der Waals surface area (Å²) in [6, 6.07) is 16.9. The molecule has 0 aromatic heterocycles. The summed E-state index contributed by atoms with van der Waals surface area (Å²) in [6.45, 7) is 3.83. The summed E-state index contributed by atoms with van der Waals surface area (Å²) >= 11 is -4.88. The Morgan fingerprint density at radius 2 is 1.08 bits per heavy atom. The van der Waals surface area contributed by atoms with Gasteiger partial charge in [0.15, 0.2) is 0 Å². The predicted molar refractivity (Wildman–Crippen MR) is 92.7 cm³/mol. The van der Waals surface area contributed by atoms with Crippen LogP contribution in [-0.2, 0) is 12.3 Å². The van der Waals surface area contributed by atoms with E-state index in [1.165, 1.54) is 0 Å². The molecule has 0 amide bonds. The van der Waals surface area contributed by atoms with Crippen molar-refractivity contribution in [2.45, 2.75) is 13.8 Å². The molecule has 0 aliphatic rings. The third-order valence-corrected chi connectivity index (χ3v) is 9.25. The Morgan fingerprint density at radius 3 is 1.40 bits per heavy atom. The molecule has 2 aromatic carbocycles. The Kier molecular flexibility index (Phi) is 7.42. The van der Waals surface area contributed by atoms with Crippen LogP contribution >= 0.6 is 0 Å². The van der Waals surface area contributed by atoms with Crippen LogP contribution in [0.3, 0.4) is 0 Å². The number of hydrogen-bond acceptors (Lipinski definition) is 6. The molecule has 6 nitrogen and oxygen atoms in total. The number of benzene rings is 2. The summed E-state index contributed by atoms with van der Waals surface area (Å²) in [5, 5.41) is 0. The summed E-state index contributed by atoms with van der Waals surface area (Å²) in [5.41, 5.74) is 0.664. The quantitative estimate of drug-likeness (QED) is 0.575. The van der Waals surface area contributed by atoms with Gasteiger partial charge < -0.3 is 0 Å². The van der Waals surface area contributed by atoms with E-state index in [1.807, 2.05) is 0 Å². The van der Waals surface area contributed by atoms with Crippen LogP contribution in [0.25, 0.3) is 0 Å². The first-order valence-electron chi connectivity index (χ1n) is 7.95. The zero-order valence-corrected chi connectivity index (χ0v) is 17.0. The van der Waals surface area contributed by atoms with Gasteiger partial charge >= 0.3 is 153 Å². The molecule has 132 valence electrons. The Bertz CT molecular complexity index is 628. The summed E-state index contributed by atoms with van der Waals surface area (Å²) in [7, 11) is 0. The van der Waals surface area contributed by atoms with E-state index < -0.39 is 32.0 Å². The Balaban J connectivity index is 2.23. The summed E-state index contributed by atoms with van der Waals surface area (Å²) < 4.78 is 22.1. The van der Waals surface area contributed by atoms with Crippen molar-refractivity contribution in [2.75, 3.05) is 13.2 Å². The summed E-state index contributed by atoms with van der Waals surface area (Å²) in [5.74, 6) is -1.28. The van der Waals surface area contributed by atoms with Crippen LogP contribution in [0.15, 0.2) is 60.7 Å². The van der Waals surface area contributed by atoms with Gasteiger partial charge in [0, 0.05) is 0 Å². The molecule has 0 spiro atoms. The van der Waals surface area contributed by atoms with Gasteiger partial charge in [-0.1, -0.05) is 0 Å². The first-order chi connectivity index (χ1) is 12.1. The zero-order valence-electron chi connectivity index (χ0n) is 14.1. The number of hydrogen-bond donors (Lipinski definition) is 0. The van der Waals surface area contributed by atoms with Crippen LogP contribution in [0.4, 0.5) is 0 Å². The first kappa shape index (κ1) is 19.4. The van der Waals surface area contributed by atoms with Gasteiger partial charge in [0.2, 0.25) is 0 Å². The molecule has 0 fully saturated rings. The van der Waals surface area contributed by atoms with E-state index in [1.54, 1.807) is 74.5 Å². The molecule has 0 aliphatic heterocycles. The molecule has 0 bridgehead atoms. The topological polar surface area (TPSA) is 71.1 Å². The maximum atomic E-state index is 12.4. The van der Waals surface area contributed by atoms with E-state index >= 15 is 0 Å². The molecule has 0 atom stereocenters. The average Bonchev–Trinajstić information content (AvgIpc) is 2.63. The average molecular weight is 451 g/mol. The van der Waals surface area contributed by atoms with Gasteiger partial charge in [-0.3, -0.25) is 0 Å². The van der Waals surface area contributed by atoms with Gasteiger partial charge in [0.05, 0.1) is 0 Å². The van der Waals surface area contributed by atoms with Crippen molar-refractivity contribution >= 4 is 32.0 Å². The standard InChI is InChI=1S/2C7H6O2.2C2H5O.Sn/c2*8-7(9)6-4-2-1-3-5-6;2*1-2-3;/h2*1-5H,(H,8,9);2*2H2,1H3;/q;;2*-1;+4/p-2. The van der Waals surface area contributed by atoms with Crippen LogP contribution in [-0.4, -0.2) is 45.2 Å². The molecular formula is C18H20O6Sn. The van der Waals surface area contributed by atoms with Gasteiger partial charge in [-0.2, -0.15) is 0 Å². The van der Waals surface area contributed by atoms with Crippen LogP contribution in [0, 0.1) is 0 Å². The zero-order chi connectivity index (χ0) is 18.1. The molecule has 0 radical (unpaired) electrons. The van der Waals surface area contributed by atoms with E-state index in [2.05, 4.69) is 0 Å². The fourth-order valence-electron chi connectivity index (χ4n) is 2.03. The Morgan fingerprint density at radius 1 is 0.720 bits per heavy atom. The number of carbonyl (C=O) groups is 2. The molecule has 7 heteroatoms. The molecule has 0 saturated carbocycles. The van der Waals surface area contributed by atoms with Gasteiger partial charge in [0.25, 0.3) is 0 Å². The molecule has 25 heavy (non-hydrogen) atoms. The third-order valence-electron chi connectivity index (χ3n) is 3.10. The minimum absolute atomic E-state index is 0.195. The van der Waals surface area contributed by atoms with Gasteiger partial charge in [-0.25, -0.2) is 0 Å². The second-order valence-corrected chi connectivity index (χ2v) is 10.5. The van der Waals surface area contributed by atoms with Crippen molar-refractivity contribution in [1.82, 2.24) is 0 Å². The molecule has 2 aromatic rings. The normalized spacial score (nSPS) is 11.0. The van der Waals surface area contributed by atoms with E-state index in [0.29, 0.717) is 11.1 Å². The Labute approximate surface area is 152 Å². The molecule has 0 saturated heterocycles. The van der Waals surface area contributed by atoms with Gasteiger partial charge in [-0.15, -0.1) is 0 Å². The summed E-state index contributed by atoms with van der Waals surface area (Å²) in [4.78, 5) is 24.8. The summed E-state index contributed by atoms with van der Waals surface area (Å²) in [6.07, 6.45) is 0. The van der Waals surface area contributed by atoms with E-state index in [-0.39, 0.29) is 13.2 Å². The van der Waals surface area contributed by atoms with Crippen LogP contribution in [0.2, 0.25) is 0 Å². The fraction of sp³-hybridized carbons (Fsp3) is 0.222. The second-order valence-electron chi connectivity index (χ2n) is 4.88. The molecular weight excluding hydrogens is 431 g/mol. The Hall–Kier alpha value is -1.90. The molecule has 0 unspecified atom stereocenters. The van der Waals surface area contributed by atoms with Crippen molar-refractivity contribution in [3.05, 3.63) is 71.8 Å². The SMILES string of the molecule is CC[O][Sn]([O]CC)([O]C(=O)c1ccccc1)[O]C(=O)c1ccccc1. The number of rotatable bonds is 8. The first-order valence-corrected chi connectivity index (χ1v) is 12.6. The van der Waals surface area contributed by atoms with Crippen LogP contribution in [0.5, 0.6) is 0 Å². The van der Waals surface area contributed by atoms with Crippen molar-refractivity contribution in [3.63, 3.8) is 0 Å². The maximum absolute atomic E-state index is 12.4. The third kappa shape index (κ3) is 5.55.